The Hall–Kier alpha value is -1.23. The molecule has 0 atom stereocenters. The van der Waals surface area contributed by atoms with Crippen LogP contribution in [0.3, 0.4) is 0 Å². The second-order valence-electron chi connectivity index (χ2n) is 2.02. The topological polar surface area (TPSA) is 23.8 Å². The molecule has 0 spiro atoms. The third-order valence-corrected chi connectivity index (χ3v) is 1.29. The average molecular weight is 127 g/mol. The van der Waals surface area contributed by atoms with Gasteiger partial charge in [-0.3, -0.25) is 0 Å². The van der Waals surface area contributed by atoms with Crippen LogP contribution in [0.2, 0.25) is 0 Å². The normalized spacial score (nSPS) is 8.70. The van der Waals surface area contributed by atoms with E-state index in [1.54, 1.807) is 12.1 Å². The van der Waals surface area contributed by atoms with Crippen molar-refractivity contribution in [2.45, 2.75) is 6.32 Å². The maximum Gasteiger partial charge on any atom is 0.0991 e. The number of hydrogen-bond acceptors (Lipinski definition) is 1. The number of benzene rings is 1. The summed E-state index contributed by atoms with van der Waals surface area (Å²) in [7, 11) is 5.36. The molecule has 1 rings (SSSR count). The Kier molecular flexibility index (Phi) is 2.12. The van der Waals surface area contributed by atoms with E-state index in [4.69, 9.17) is 13.1 Å². The fourth-order valence-electron chi connectivity index (χ4n) is 0.768. The smallest absolute Gasteiger partial charge is 0.0991 e. The molecule has 0 fully saturated rings. The fraction of sp³-hybridized carbons (Fsp3) is 0.125. The number of nitrogens with zero attached hydrogens (tertiary/aromatic N) is 1. The van der Waals surface area contributed by atoms with Gasteiger partial charge in [-0.05, 0) is 12.1 Å². The van der Waals surface area contributed by atoms with Crippen LogP contribution >= 0.6 is 0 Å². The van der Waals surface area contributed by atoms with E-state index in [-0.39, 0.29) is 0 Å². The summed E-state index contributed by atoms with van der Waals surface area (Å²) in [6.45, 7) is 0. The number of nitriles is 1. The first-order valence-corrected chi connectivity index (χ1v) is 3.06. The lowest BCUT2D eigenvalue weighted by Crippen LogP contribution is -1.83. The average Bonchev–Trinajstić information content (AvgIpc) is 2.05. The summed E-state index contributed by atoms with van der Waals surface area (Å²) in [4.78, 5) is 0. The number of rotatable bonds is 1. The molecule has 0 aliphatic heterocycles. The molecule has 0 N–H and O–H groups in total. The van der Waals surface area contributed by atoms with Crippen LogP contribution in [0, 0.1) is 11.3 Å². The van der Waals surface area contributed by atoms with Gasteiger partial charge in [0.15, 0.2) is 0 Å². The molecule has 0 saturated heterocycles. The minimum Gasteiger partial charge on any atom is -0.192 e. The van der Waals surface area contributed by atoms with Crippen LogP contribution in [-0.2, 0) is 6.32 Å². The zero-order valence-corrected chi connectivity index (χ0v) is 5.54. The second-order valence-corrected chi connectivity index (χ2v) is 2.02. The summed E-state index contributed by atoms with van der Waals surface area (Å²) in [5.41, 5.74) is 1.67. The standard InChI is InChI=1S/C8H6BN/c9-5-7-2-1-3-8(4-7)6-10/h1-4H,5H2. The van der Waals surface area contributed by atoms with Gasteiger partial charge in [0.25, 0.3) is 0 Å². The lowest BCUT2D eigenvalue weighted by Gasteiger charge is -1.93. The van der Waals surface area contributed by atoms with Crippen LogP contribution in [0.15, 0.2) is 24.3 Å². The number of hydrogen-bond donors (Lipinski definition) is 0. The summed E-state index contributed by atoms with van der Waals surface area (Å²) in [5.74, 6) is 0. The molecule has 1 aromatic rings. The monoisotopic (exact) mass is 127 g/mol. The summed E-state index contributed by atoms with van der Waals surface area (Å²) in [5, 5.41) is 8.47. The van der Waals surface area contributed by atoms with E-state index in [2.05, 4.69) is 0 Å². The molecule has 0 unspecified atom stereocenters. The van der Waals surface area contributed by atoms with Crippen LogP contribution in [0.1, 0.15) is 11.1 Å². The molecular formula is C8H6BN. The Bertz CT molecular complexity index is 262. The van der Waals surface area contributed by atoms with Crippen molar-refractivity contribution in [1.82, 2.24) is 0 Å². The van der Waals surface area contributed by atoms with Gasteiger partial charge in [-0.15, -0.1) is 0 Å². The summed E-state index contributed by atoms with van der Waals surface area (Å²) >= 11 is 0. The van der Waals surface area contributed by atoms with Gasteiger partial charge in [0, 0.05) is 0 Å². The van der Waals surface area contributed by atoms with Crippen molar-refractivity contribution in [2.75, 3.05) is 0 Å². The molecule has 2 heteroatoms. The molecule has 0 amide bonds. The van der Waals surface area contributed by atoms with Gasteiger partial charge in [-0.25, -0.2) is 0 Å². The van der Waals surface area contributed by atoms with Crippen LogP contribution < -0.4 is 0 Å². The Labute approximate surface area is 61.7 Å². The summed E-state index contributed by atoms with van der Waals surface area (Å²) in [6, 6.07) is 9.34. The van der Waals surface area contributed by atoms with Crippen molar-refractivity contribution in [1.29, 1.82) is 5.26 Å². The minimum atomic E-state index is 0.496. The van der Waals surface area contributed by atoms with Crippen molar-refractivity contribution < 1.29 is 0 Å². The first kappa shape index (κ1) is 6.89. The Balaban J connectivity index is 3.01. The molecule has 0 aliphatic carbocycles. The lowest BCUT2D eigenvalue weighted by molar-refractivity contribution is 1.37. The zero-order valence-electron chi connectivity index (χ0n) is 5.54. The van der Waals surface area contributed by atoms with Gasteiger partial charge in [0.2, 0.25) is 0 Å². The SMILES string of the molecule is [B]Cc1cccc(C#N)c1. The highest BCUT2D eigenvalue weighted by Crippen LogP contribution is 2.02. The summed E-state index contributed by atoms with van der Waals surface area (Å²) < 4.78 is 0. The molecule has 0 bridgehead atoms. The quantitative estimate of drug-likeness (QED) is 0.520. The zero-order chi connectivity index (χ0) is 7.40. The molecule has 1 aromatic carbocycles. The first-order valence-electron chi connectivity index (χ1n) is 3.06. The van der Waals surface area contributed by atoms with Crippen molar-refractivity contribution in [2.24, 2.45) is 0 Å². The van der Waals surface area contributed by atoms with E-state index in [1.165, 1.54) is 0 Å². The largest absolute Gasteiger partial charge is 0.192 e. The predicted octanol–water partition coefficient (Wildman–Crippen LogP) is 1.23. The van der Waals surface area contributed by atoms with Gasteiger partial charge in [0.1, 0.15) is 0 Å². The Morgan fingerprint density at radius 1 is 1.50 bits per heavy atom. The van der Waals surface area contributed by atoms with Crippen LogP contribution in [0.25, 0.3) is 0 Å². The third kappa shape index (κ3) is 1.38. The van der Waals surface area contributed by atoms with Crippen LogP contribution in [0.5, 0.6) is 0 Å². The maximum atomic E-state index is 8.47. The van der Waals surface area contributed by atoms with Gasteiger partial charge in [0.05, 0.1) is 19.5 Å². The Morgan fingerprint density at radius 3 is 2.90 bits per heavy atom. The summed E-state index contributed by atoms with van der Waals surface area (Å²) in [6.07, 6.45) is 0.496. The molecular weight excluding hydrogens is 121 g/mol. The lowest BCUT2D eigenvalue weighted by atomic mass is 9.96. The fourth-order valence-corrected chi connectivity index (χ4v) is 0.768. The molecule has 2 radical (unpaired) electrons. The van der Waals surface area contributed by atoms with Crippen molar-refractivity contribution >= 4 is 7.85 Å². The molecule has 0 saturated carbocycles. The third-order valence-electron chi connectivity index (χ3n) is 1.29. The van der Waals surface area contributed by atoms with Crippen LogP contribution in [0.4, 0.5) is 0 Å². The van der Waals surface area contributed by atoms with Crippen molar-refractivity contribution in [3.63, 3.8) is 0 Å². The van der Waals surface area contributed by atoms with E-state index in [9.17, 15) is 0 Å². The first-order chi connectivity index (χ1) is 4.86. The van der Waals surface area contributed by atoms with Gasteiger partial charge < -0.3 is 0 Å². The highest BCUT2D eigenvalue weighted by molar-refractivity contribution is 6.08. The van der Waals surface area contributed by atoms with E-state index in [1.807, 2.05) is 18.2 Å². The van der Waals surface area contributed by atoms with E-state index >= 15 is 0 Å². The highest BCUT2D eigenvalue weighted by atomic mass is 14.2. The van der Waals surface area contributed by atoms with Crippen molar-refractivity contribution in [3.8, 4) is 6.07 Å². The van der Waals surface area contributed by atoms with Gasteiger partial charge >= 0.3 is 0 Å². The van der Waals surface area contributed by atoms with E-state index in [0.717, 1.165) is 5.56 Å². The van der Waals surface area contributed by atoms with Gasteiger partial charge in [-0.2, -0.15) is 5.26 Å². The maximum absolute atomic E-state index is 8.47. The molecule has 0 aliphatic rings. The molecule has 0 aromatic heterocycles. The molecule has 46 valence electrons. The predicted molar refractivity (Wildman–Crippen MR) is 40.6 cm³/mol. The molecule has 10 heavy (non-hydrogen) atoms. The van der Waals surface area contributed by atoms with Gasteiger partial charge in [-0.1, -0.05) is 24.0 Å². The van der Waals surface area contributed by atoms with E-state index in [0.29, 0.717) is 11.9 Å². The minimum absolute atomic E-state index is 0.496. The highest BCUT2D eigenvalue weighted by Gasteiger charge is 1.89. The van der Waals surface area contributed by atoms with E-state index < -0.39 is 0 Å². The van der Waals surface area contributed by atoms with Crippen LogP contribution in [-0.4, -0.2) is 7.85 Å². The van der Waals surface area contributed by atoms with Crippen molar-refractivity contribution in [3.05, 3.63) is 35.4 Å². The second kappa shape index (κ2) is 3.07. The molecule has 1 nitrogen and oxygen atoms in total. The Morgan fingerprint density at radius 2 is 2.30 bits per heavy atom. The molecule has 0 heterocycles.